The molecule has 0 atom stereocenters. The molecule has 2 aromatic heterocycles. The molecular formula is C29H36N6O2. The van der Waals surface area contributed by atoms with Crippen LogP contribution in [0, 0.1) is 5.92 Å². The lowest BCUT2D eigenvalue weighted by molar-refractivity contribution is 0.0919. The van der Waals surface area contributed by atoms with E-state index in [0.29, 0.717) is 5.56 Å². The minimum absolute atomic E-state index is 0.0253. The Labute approximate surface area is 218 Å². The van der Waals surface area contributed by atoms with E-state index in [1.165, 1.54) is 24.8 Å². The third-order valence-electron chi connectivity index (χ3n) is 8.19. The quantitative estimate of drug-likeness (QED) is 0.533. The lowest BCUT2D eigenvalue weighted by atomic mass is 9.84. The first-order valence-corrected chi connectivity index (χ1v) is 13.7. The van der Waals surface area contributed by atoms with Gasteiger partial charge in [0.25, 0.3) is 5.91 Å². The Kier molecular flexibility index (Phi) is 7.08. The molecule has 3 aromatic rings. The van der Waals surface area contributed by atoms with E-state index in [1.54, 1.807) is 10.9 Å². The summed E-state index contributed by atoms with van der Waals surface area (Å²) >= 11 is 0. The molecule has 2 fully saturated rings. The van der Waals surface area contributed by atoms with Gasteiger partial charge < -0.3 is 15.0 Å². The number of pyridine rings is 1. The lowest BCUT2D eigenvalue weighted by Crippen LogP contribution is -2.47. The van der Waals surface area contributed by atoms with Crippen molar-refractivity contribution in [3.8, 4) is 11.4 Å². The fourth-order valence-corrected chi connectivity index (χ4v) is 5.92. The predicted molar refractivity (Wildman–Crippen MR) is 143 cm³/mol. The van der Waals surface area contributed by atoms with Crippen molar-refractivity contribution in [3.63, 3.8) is 0 Å². The van der Waals surface area contributed by atoms with Crippen LogP contribution in [0.5, 0.6) is 5.75 Å². The zero-order chi connectivity index (χ0) is 25.0. The second-order valence-corrected chi connectivity index (χ2v) is 10.5. The van der Waals surface area contributed by atoms with Gasteiger partial charge in [0.2, 0.25) is 0 Å². The molecule has 37 heavy (non-hydrogen) atoms. The molecule has 4 heterocycles. The largest absolute Gasteiger partial charge is 0.489 e. The molecule has 0 bridgehead atoms. The summed E-state index contributed by atoms with van der Waals surface area (Å²) in [6.45, 7) is 6.11. The number of aromatic nitrogens is 3. The summed E-state index contributed by atoms with van der Waals surface area (Å²) in [7, 11) is 0. The van der Waals surface area contributed by atoms with Crippen LogP contribution in [-0.4, -0.2) is 70.9 Å². The summed E-state index contributed by atoms with van der Waals surface area (Å²) in [5.41, 5.74) is 2.96. The van der Waals surface area contributed by atoms with Crippen LogP contribution in [-0.2, 0) is 6.42 Å². The number of hydrogen-bond donors (Lipinski definition) is 1. The Hall–Kier alpha value is -3.39. The molecular weight excluding hydrogens is 464 g/mol. The van der Waals surface area contributed by atoms with Gasteiger partial charge in [-0.25, -0.2) is 9.67 Å². The maximum Gasteiger partial charge on any atom is 0.251 e. The number of anilines is 1. The highest BCUT2D eigenvalue weighted by Crippen LogP contribution is 2.34. The molecule has 0 radical (unpaired) electrons. The van der Waals surface area contributed by atoms with Crippen LogP contribution in [0.3, 0.4) is 0 Å². The topological polar surface area (TPSA) is 75.5 Å². The summed E-state index contributed by atoms with van der Waals surface area (Å²) in [6.07, 6.45) is 12.3. The van der Waals surface area contributed by atoms with Crippen molar-refractivity contribution in [1.82, 2.24) is 25.0 Å². The Balaban J connectivity index is 0.910. The third-order valence-corrected chi connectivity index (χ3v) is 8.19. The molecule has 1 saturated carbocycles. The van der Waals surface area contributed by atoms with Crippen molar-refractivity contribution in [3.05, 3.63) is 66.1 Å². The molecule has 1 saturated heterocycles. The normalized spacial score (nSPS) is 21.9. The van der Waals surface area contributed by atoms with Gasteiger partial charge in [-0.2, -0.15) is 5.10 Å². The molecule has 1 amide bonds. The summed E-state index contributed by atoms with van der Waals surface area (Å²) in [4.78, 5) is 22.4. The van der Waals surface area contributed by atoms with Gasteiger partial charge in [0.15, 0.2) is 11.6 Å². The number of carbonyl (C=O) groups is 1. The molecule has 194 valence electrons. The van der Waals surface area contributed by atoms with Crippen LogP contribution in [0.4, 0.5) is 5.82 Å². The van der Waals surface area contributed by atoms with E-state index in [-0.39, 0.29) is 11.9 Å². The van der Waals surface area contributed by atoms with Crippen molar-refractivity contribution in [2.75, 3.05) is 44.2 Å². The number of piperazine rings is 1. The van der Waals surface area contributed by atoms with Crippen LogP contribution in [0.1, 0.15) is 48.0 Å². The van der Waals surface area contributed by atoms with Gasteiger partial charge >= 0.3 is 0 Å². The maximum absolute atomic E-state index is 12.8. The number of carbonyl (C=O) groups excluding carboxylic acids is 1. The predicted octanol–water partition coefficient (Wildman–Crippen LogP) is 3.70. The second kappa shape index (κ2) is 10.9. The highest BCUT2D eigenvalue weighted by molar-refractivity contribution is 5.94. The Morgan fingerprint density at radius 1 is 1.00 bits per heavy atom. The minimum Gasteiger partial charge on any atom is -0.489 e. The van der Waals surface area contributed by atoms with Gasteiger partial charge in [-0.15, -0.1) is 0 Å². The Morgan fingerprint density at radius 2 is 1.81 bits per heavy atom. The van der Waals surface area contributed by atoms with Gasteiger partial charge in [-0.1, -0.05) is 0 Å². The number of nitrogens with zero attached hydrogens (tertiary/aromatic N) is 5. The van der Waals surface area contributed by atoms with E-state index >= 15 is 0 Å². The third kappa shape index (κ3) is 5.49. The zero-order valence-electron chi connectivity index (χ0n) is 21.4. The molecule has 6 rings (SSSR count). The molecule has 2 aliphatic heterocycles. The van der Waals surface area contributed by atoms with Crippen LogP contribution >= 0.6 is 0 Å². The van der Waals surface area contributed by atoms with E-state index in [1.807, 2.05) is 42.7 Å². The standard InChI is InChI=1S/C29H36N6O2/c36-29(24-4-8-26(9-5-24)35-15-1-13-31-35)32-25-6-2-22(3-7-25)11-16-33-17-19-34(20-18-33)28-27-23(10-14-30-28)12-21-37-27/h1,4-5,8-10,13-15,22,25H,2-3,6-7,11-12,16-21H2,(H,32,36). The molecule has 1 aromatic carbocycles. The van der Waals surface area contributed by atoms with Gasteiger partial charge in [0.1, 0.15) is 0 Å². The Morgan fingerprint density at radius 3 is 2.57 bits per heavy atom. The molecule has 3 aliphatic rings. The van der Waals surface area contributed by atoms with Gasteiger partial charge in [-0.3, -0.25) is 9.69 Å². The van der Waals surface area contributed by atoms with Crippen LogP contribution in [0.15, 0.2) is 55.0 Å². The van der Waals surface area contributed by atoms with Crippen LogP contribution < -0.4 is 15.0 Å². The number of nitrogens with one attached hydrogen (secondary N) is 1. The number of rotatable bonds is 7. The lowest BCUT2D eigenvalue weighted by Gasteiger charge is -2.37. The fourth-order valence-electron chi connectivity index (χ4n) is 5.92. The van der Waals surface area contributed by atoms with E-state index in [4.69, 9.17) is 4.74 Å². The molecule has 8 heteroatoms. The molecule has 8 nitrogen and oxygen atoms in total. The maximum atomic E-state index is 12.8. The molecule has 0 unspecified atom stereocenters. The first-order valence-electron chi connectivity index (χ1n) is 13.7. The second-order valence-electron chi connectivity index (χ2n) is 10.5. The Bertz CT molecular complexity index is 1180. The number of fused-ring (bicyclic) bond motifs is 1. The highest BCUT2D eigenvalue weighted by Gasteiger charge is 2.26. The highest BCUT2D eigenvalue weighted by atomic mass is 16.5. The summed E-state index contributed by atoms with van der Waals surface area (Å²) in [5.74, 6) is 2.82. The number of benzene rings is 1. The first kappa shape index (κ1) is 24.0. The summed E-state index contributed by atoms with van der Waals surface area (Å²) in [6, 6.07) is 11.9. The first-order chi connectivity index (χ1) is 18.2. The zero-order valence-corrected chi connectivity index (χ0v) is 21.4. The van der Waals surface area contributed by atoms with Gasteiger partial charge in [0, 0.05) is 68.4 Å². The minimum atomic E-state index is 0.0253. The number of hydrogen-bond acceptors (Lipinski definition) is 6. The van der Waals surface area contributed by atoms with Crippen molar-refractivity contribution in [2.45, 2.75) is 44.6 Å². The number of ether oxygens (including phenoxy) is 1. The van der Waals surface area contributed by atoms with E-state index in [9.17, 15) is 4.79 Å². The van der Waals surface area contributed by atoms with Crippen molar-refractivity contribution >= 4 is 11.7 Å². The fraction of sp³-hybridized carbons (Fsp3) is 0.483. The van der Waals surface area contributed by atoms with Crippen molar-refractivity contribution < 1.29 is 9.53 Å². The monoisotopic (exact) mass is 500 g/mol. The van der Waals surface area contributed by atoms with Gasteiger partial charge in [-0.05, 0) is 81.0 Å². The molecule has 1 N–H and O–H groups in total. The van der Waals surface area contributed by atoms with Crippen LogP contribution in [0.2, 0.25) is 0 Å². The van der Waals surface area contributed by atoms with Gasteiger partial charge in [0.05, 0.1) is 12.3 Å². The van der Waals surface area contributed by atoms with Crippen molar-refractivity contribution in [1.29, 1.82) is 0 Å². The summed E-state index contributed by atoms with van der Waals surface area (Å²) < 4.78 is 7.66. The van der Waals surface area contributed by atoms with E-state index in [0.717, 1.165) is 81.8 Å². The summed E-state index contributed by atoms with van der Waals surface area (Å²) in [5, 5.41) is 7.50. The SMILES string of the molecule is O=C(NC1CCC(CCN2CCN(c3nccc4c3OCC4)CC2)CC1)c1ccc(-n2cccn2)cc1. The average Bonchev–Trinajstić information content (AvgIpc) is 3.66. The van der Waals surface area contributed by atoms with Crippen LogP contribution in [0.25, 0.3) is 5.69 Å². The van der Waals surface area contributed by atoms with Crippen molar-refractivity contribution in [2.24, 2.45) is 5.92 Å². The smallest absolute Gasteiger partial charge is 0.251 e. The van der Waals surface area contributed by atoms with E-state index < -0.39 is 0 Å². The molecule has 1 aliphatic carbocycles. The van der Waals surface area contributed by atoms with E-state index in [2.05, 4.69) is 31.3 Å². The average molecular weight is 501 g/mol. The molecule has 0 spiro atoms. The number of amides is 1.